The third kappa shape index (κ3) is 2.06. The van der Waals surface area contributed by atoms with Gasteiger partial charge in [-0.1, -0.05) is 18.2 Å². The molecule has 0 saturated heterocycles. The number of carbonyl (C=O) groups is 1. The Morgan fingerprint density at radius 2 is 1.89 bits per heavy atom. The molecule has 1 aromatic heterocycles. The maximum absolute atomic E-state index is 12.2. The molecule has 0 fully saturated rings. The van der Waals surface area contributed by atoms with E-state index in [-0.39, 0.29) is 18.8 Å². The first-order valence-corrected chi connectivity index (χ1v) is 5.62. The Bertz CT molecular complexity index is 648. The van der Waals surface area contributed by atoms with Crippen LogP contribution in [0.3, 0.4) is 0 Å². The highest BCUT2D eigenvalue weighted by atomic mass is 19.4. The molecule has 1 aromatic carbocycles. The van der Waals surface area contributed by atoms with Gasteiger partial charge in [-0.2, -0.15) is 4.84 Å². The maximum Gasteiger partial charge on any atom is 0.544 e. The molecule has 1 amide bonds. The summed E-state index contributed by atoms with van der Waals surface area (Å²) in [5, 5.41) is 1.17. The molecular weight excluding hydrogens is 261 g/mol. The average Bonchev–Trinajstić information content (AvgIpc) is 2.71. The van der Waals surface area contributed by atoms with Crippen molar-refractivity contribution in [3.63, 3.8) is 0 Å². The number of para-hydroxylation sites is 1. The fraction of sp³-hybridized carbons (Fsp3) is 0.250. The number of hydrogen-bond acceptors (Lipinski definition) is 2. The van der Waals surface area contributed by atoms with Crippen molar-refractivity contribution in [2.75, 3.05) is 6.54 Å². The lowest BCUT2D eigenvalue weighted by Gasteiger charge is -2.27. The van der Waals surface area contributed by atoms with Gasteiger partial charge in [0.1, 0.15) is 5.69 Å². The van der Waals surface area contributed by atoms with Crippen LogP contribution >= 0.6 is 0 Å². The molecule has 19 heavy (non-hydrogen) atoms. The Morgan fingerprint density at radius 1 is 1.16 bits per heavy atom. The van der Waals surface area contributed by atoms with Crippen molar-refractivity contribution in [3.05, 3.63) is 36.0 Å². The molecule has 4 nitrogen and oxygen atoms in total. The van der Waals surface area contributed by atoms with E-state index in [1.54, 1.807) is 10.6 Å². The van der Waals surface area contributed by atoms with Gasteiger partial charge in [0.2, 0.25) is 0 Å². The average molecular weight is 270 g/mol. The molecule has 0 saturated carbocycles. The molecule has 0 N–H and O–H groups in total. The van der Waals surface area contributed by atoms with E-state index in [0.717, 1.165) is 10.9 Å². The number of amides is 1. The van der Waals surface area contributed by atoms with Gasteiger partial charge in [-0.15, -0.1) is 13.2 Å². The first kappa shape index (κ1) is 12.0. The lowest BCUT2D eigenvalue weighted by atomic mass is 10.2. The lowest BCUT2D eigenvalue weighted by Crippen LogP contribution is -2.43. The predicted octanol–water partition coefficient (Wildman–Crippen LogP) is 2.55. The molecule has 0 atom stereocenters. The number of benzene rings is 1. The molecule has 0 spiro atoms. The van der Waals surface area contributed by atoms with Crippen LogP contribution in [0, 0.1) is 0 Å². The topological polar surface area (TPSA) is 34.5 Å². The highest BCUT2D eigenvalue weighted by Gasteiger charge is 2.38. The third-order valence-electron chi connectivity index (χ3n) is 3.00. The molecule has 0 bridgehead atoms. The molecule has 7 heteroatoms. The minimum atomic E-state index is -4.86. The lowest BCUT2D eigenvalue weighted by molar-refractivity contribution is -0.399. The Hall–Kier alpha value is -2.02. The molecule has 1 aliphatic heterocycles. The van der Waals surface area contributed by atoms with Gasteiger partial charge in [-0.05, 0) is 12.1 Å². The smallest absolute Gasteiger partial charge is 0.335 e. The van der Waals surface area contributed by atoms with E-state index < -0.39 is 12.3 Å². The molecule has 1 aliphatic rings. The van der Waals surface area contributed by atoms with Crippen molar-refractivity contribution in [1.29, 1.82) is 0 Å². The molecule has 2 heterocycles. The summed E-state index contributed by atoms with van der Waals surface area (Å²) in [4.78, 5) is 15.7. The predicted molar refractivity (Wildman–Crippen MR) is 60.1 cm³/mol. The van der Waals surface area contributed by atoms with Gasteiger partial charge in [0, 0.05) is 17.4 Å². The highest BCUT2D eigenvalue weighted by Crippen LogP contribution is 2.26. The van der Waals surface area contributed by atoms with Crippen LogP contribution in [0.4, 0.5) is 13.2 Å². The summed E-state index contributed by atoms with van der Waals surface area (Å²) in [5.41, 5.74) is 1.04. The van der Waals surface area contributed by atoms with Crippen LogP contribution in [-0.2, 0) is 11.4 Å². The van der Waals surface area contributed by atoms with Gasteiger partial charge in [0.15, 0.2) is 0 Å². The quantitative estimate of drug-likeness (QED) is 0.798. The molecule has 0 aliphatic carbocycles. The Morgan fingerprint density at radius 3 is 2.63 bits per heavy atom. The van der Waals surface area contributed by atoms with E-state index in [1.165, 1.54) is 0 Å². The van der Waals surface area contributed by atoms with Crippen molar-refractivity contribution in [1.82, 2.24) is 9.63 Å². The number of hydroxylamine groups is 2. The van der Waals surface area contributed by atoms with Crippen molar-refractivity contribution in [3.8, 4) is 0 Å². The van der Waals surface area contributed by atoms with Crippen LogP contribution in [-0.4, -0.2) is 28.4 Å². The SMILES string of the molecule is O=C1c2cc3ccccc3n2CCN1OC(F)(F)F. The van der Waals surface area contributed by atoms with Gasteiger partial charge < -0.3 is 4.57 Å². The number of alkyl halides is 3. The van der Waals surface area contributed by atoms with Gasteiger partial charge in [0.05, 0.1) is 6.54 Å². The van der Waals surface area contributed by atoms with Crippen molar-refractivity contribution in [2.45, 2.75) is 12.9 Å². The zero-order valence-corrected chi connectivity index (χ0v) is 9.65. The second-order valence-corrected chi connectivity index (χ2v) is 4.18. The summed E-state index contributed by atoms with van der Waals surface area (Å²) >= 11 is 0. The Kier molecular flexibility index (Phi) is 2.53. The van der Waals surface area contributed by atoms with Gasteiger partial charge in [0.25, 0.3) is 5.91 Å². The van der Waals surface area contributed by atoms with Gasteiger partial charge >= 0.3 is 6.36 Å². The summed E-state index contributed by atoms with van der Waals surface area (Å²) < 4.78 is 38.2. The van der Waals surface area contributed by atoms with Crippen LogP contribution in [0.25, 0.3) is 10.9 Å². The third-order valence-corrected chi connectivity index (χ3v) is 3.00. The number of hydrogen-bond donors (Lipinski definition) is 0. The molecular formula is C12H9F3N2O2. The fourth-order valence-electron chi connectivity index (χ4n) is 2.26. The van der Waals surface area contributed by atoms with Gasteiger partial charge in [-0.25, -0.2) is 5.06 Å². The zero-order chi connectivity index (χ0) is 13.6. The van der Waals surface area contributed by atoms with Crippen LogP contribution in [0.5, 0.6) is 0 Å². The first-order chi connectivity index (χ1) is 8.96. The largest absolute Gasteiger partial charge is 0.544 e. The standard InChI is InChI=1S/C12H9F3N2O2/c13-12(14,15)19-17-6-5-16-9-4-2-1-3-8(9)7-10(16)11(17)18/h1-4,7H,5-6H2. The molecule has 100 valence electrons. The molecule has 0 radical (unpaired) electrons. The Balaban J connectivity index is 2.00. The van der Waals surface area contributed by atoms with Crippen LogP contribution < -0.4 is 0 Å². The van der Waals surface area contributed by atoms with E-state index in [1.807, 2.05) is 24.3 Å². The first-order valence-electron chi connectivity index (χ1n) is 5.62. The number of fused-ring (bicyclic) bond motifs is 3. The normalized spacial score (nSPS) is 15.9. The van der Waals surface area contributed by atoms with E-state index in [2.05, 4.69) is 4.84 Å². The second kappa shape index (κ2) is 3.99. The summed E-state index contributed by atoms with van der Waals surface area (Å²) in [6, 6.07) is 8.83. The summed E-state index contributed by atoms with van der Waals surface area (Å²) in [5.74, 6) is -0.778. The van der Waals surface area contributed by atoms with Crippen LogP contribution in [0.1, 0.15) is 10.5 Å². The van der Waals surface area contributed by atoms with E-state index in [9.17, 15) is 18.0 Å². The number of rotatable bonds is 1. The molecule has 0 unspecified atom stereocenters. The zero-order valence-electron chi connectivity index (χ0n) is 9.65. The van der Waals surface area contributed by atoms with Gasteiger partial charge in [-0.3, -0.25) is 4.79 Å². The van der Waals surface area contributed by atoms with Crippen LogP contribution in [0.15, 0.2) is 30.3 Å². The Labute approximate surface area is 105 Å². The molecule has 3 rings (SSSR count). The maximum atomic E-state index is 12.2. The summed E-state index contributed by atoms with van der Waals surface area (Å²) in [6.45, 7) is 0.134. The summed E-state index contributed by atoms with van der Waals surface area (Å²) in [6.07, 6.45) is -4.86. The minimum Gasteiger partial charge on any atom is -0.335 e. The molecule has 2 aromatic rings. The second-order valence-electron chi connectivity index (χ2n) is 4.18. The number of nitrogens with zero attached hydrogens (tertiary/aromatic N) is 2. The highest BCUT2D eigenvalue weighted by molar-refractivity contribution is 5.99. The van der Waals surface area contributed by atoms with Crippen LogP contribution in [0.2, 0.25) is 0 Å². The van der Waals surface area contributed by atoms with E-state index >= 15 is 0 Å². The summed E-state index contributed by atoms with van der Waals surface area (Å²) in [7, 11) is 0. The minimum absolute atomic E-state index is 0.135. The van der Waals surface area contributed by atoms with Crippen molar-refractivity contribution in [2.24, 2.45) is 0 Å². The van der Waals surface area contributed by atoms with Crippen molar-refractivity contribution >= 4 is 16.8 Å². The van der Waals surface area contributed by atoms with E-state index in [0.29, 0.717) is 5.06 Å². The number of aromatic nitrogens is 1. The van der Waals surface area contributed by atoms with Crippen molar-refractivity contribution < 1.29 is 22.8 Å². The van der Waals surface area contributed by atoms with E-state index in [4.69, 9.17) is 0 Å². The fourth-order valence-corrected chi connectivity index (χ4v) is 2.26. The number of carbonyl (C=O) groups excluding carboxylic acids is 1. The number of halogens is 3. The monoisotopic (exact) mass is 270 g/mol.